The zero-order chi connectivity index (χ0) is 18.3. The molecule has 1 saturated heterocycles. The minimum atomic E-state index is 0.352. The van der Waals surface area contributed by atoms with Crippen LogP contribution >= 0.6 is 22.9 Å². The molecule has 1 aliphatic rings. The molecule has 4 rings (SSSR count). The Labute approximate surface area is 164 Å². The van der Waals surface area contributed by atoms with Crippen molar-refractivity contribution in [2.45, 2.75) is 40.0 Å². The largest absolute Gasteiger partial charge is 0.356 e. The van der Waals surface area contributed by atoms with E-state index in [2.05, 4.69) is 54.9 Å². The van der Waals surface area contributed by atoms with Gasteiger partial charge in [-0.2, -0.15) is 4.98 Å². The van der Waals surface area contributed by atoms with Crippen LogP contribution in [0.15, 0.2) is 24.3 Å². The van der Waals surface area contributed by atoms with Crippen LogP contribution in [-0.4, -0.2) is 23.1 Å². The molecule has 26 heavy (non-hydrogen) atoms. The lowest BCUT2D eigenvalue weighted by Crippen LogP contribution is -2.35. The molecule has 0 spiro atoms. The van der Waals surface area contributed by atoms with Crippen molar-refractivity contribution in [3.63, 3.8) is 0 Å². The summed E-state index contributed by atoms with van der Waals surface area (Å²) in [6.07, 6.45) is 3.47. The predicted octanol–water partition coefficient (Wildman–Crippen LogP) is 6.12. The van der Waals surface area contributed by atoms with Crippen LogP contribution < -0.4 is 4.90 Å². The van der Waals surface area contributed by atoms with Crippen molar-refractivity contribution in [3.8, 4) is 11.1 Å². The first-order chi connectivity index (χ1) is 12.6. The second-order valence-electron chi connectivity index (χ2n) is 7.31. The molecule has 1 atom stereocenters. The van der Waals surface area contributed by atoms with Crippen molar-refractivity contribution in [2.24, 2.45) is 5.92 Å². The normalized spacial score (nSPS) is 17.8. The molecule has 1 unspecified atom stereocenters. The maximum absolute atomic E-state index is 6.31. The standard InChI is InChI=1S/C21H24ClN3S/c1-4-16-17(15-9-7-13(2)8-10-15)18-19(23-21(22)24-20(18)26-16)25-11-5-6-14(3)12-25/h7-10,14H,4-6,11-12H2,1-3H3. The summed E-state index contributed by atoms with van der Waals surface area (Å²) < 4.78 is 0. The highest BCUT2D eigenvalue weighted by atomic mass is 35.5. The highest BCUT2D eigenvalue weighted by Gasteiger charge is 2.25. The summed E-state index contributed by atoms with van der Waals surface area (Å²) >= 11 is 8.06. The van der Waals surface area contributed by atoms with Crippen molar-refractivity contribution in [1.29, 1.82) is 0 Å². The Morgan fingerprint density at radius 3 is 2.69 bits per heavy atom. The molecule has 0 N–H and O–H groups in total. The number of aromatic nitrogens is 2. The van der Waals surface area contributed by atoms with Crippen molar-refractivity contribution in [1.82, 2.24) is 9.97 Å². The predicted molar refractivity (Wildman–Crippen MR) is 113 cm³/mol. The molecule has 5 heteroatoms. The number of nitrogens with zero attached hydrogens (tertiary/aromatic N) is 3. The third kappa shape index (κ3) is 3.21. The monoisotopic (exact) mass is 385 g/mol. The van der Waals surface area contributed by atoms with E-state index in [-0.39, 0.29) is 0 Å². The molecule has 3 nitrogen and oxygen atoms in total. The molecule has 1 aromatic carbocycles. The van der Waals surface area contributed by atoms with E-state index in [1.165, 1.54) is 39.8 Å². The summed E-state index contributed by atoms with van der Waals surface area (Å²) in [6.45, 7) is 8.72. The lowest BCUT2D eigenvalue weighted by molar-refractivity contribution is 0.445. The smallest absolute Gasteiger partial charge is 0.225 e. The molecule has 0 radical (unpaired) electrons. The average molecular weight is 386 g/mol. The average Bonchev–Trinajstić information content (AvgIpc) is 3.00. The molecule has 3 heterocycles. The van der Waals surface area contributed by atoms with E-state index >= 15 is 0 Å². The fourth-order valence-electron chi connectivity index (χ4n) is 3.89. The SMILES string of the molecule is CCc1sc2nc(Cl)nc(N3CCCC(C)C3)c2c1-c1ccc(C)cc1. The van der Waals surface area contributed by atoms with Crippen LogP contribution in [0.2, 0.25) is 5.28 Å². The minimum absolute atomic E-state index is 0.352. The number of anilines is 1. The Morgan fingerprint density at radius 1 is 1.23 bits per heavy atom. The van der Waals surface area contributed by atoms with Gasteiger partial charge in [-0.15, -0.1) is 11.3 Å². The molecule has 1 aliphatic heterocycles. The van der Waals surface area contributed by atoms with Crippen LogP contribution in [0, 0.1) is 12.8 Å². The first-order valence-corrected chi connectivity index (χ1v) is 10.6. The Hall–Kier alpha value is -1.65. The summed E-state index contributed by atoms with van der Waals surface area (Å²) in [7, 11) is 0. The highest BCUT2D eigenvalue weighted by molar-refractivity contribution is 7.19. The van der Waals surface area contributed by atoms with E-state index in [0.29, 0.717) is 11.2 Å². The van der Waals surface area contributed by atoms with E-state index in [9.17, 15) is 0 Å². The molecular formula is C21H24ClN3S. The van der Waals surface area contributed by atoms with E-state index in [0.717, 1.165) is 30.2 Å². The zero-order valence-corrected chi connectivity index (χ0v) is 17.1. The lowest BCUT2D eigenvalue weighted by Gasteiger charge is -2.32. The van der Waals surface area contributed by atoms with E-state index in [1.54, 1.807) is 11.3 Å². The van der Waals surface area contributed by atoms with E-state index in [1.807, 2.05) is 0 Å². The summed E-state index contributed by atoms with van der Waals surface area (Å²) in [6, 6.07) is 8.79. The second kappa shape index (κ2) is 7.16. The lowest BCUT2D eigenvalue weighted by atomic mass is 9.98. The Morgan fingerprint density at radius 2 is 2.00 bits per heavy atom. The summed E-state index contributed by atoms with van der Waals surface area (Å²) in [4.78, 5) is 14.0. The minimum Gasteiger partial charge on any atom is -0.356 e. The van der Waals surface area contributed by atoms with Gasteiger partial charge in [-0.3, -0.25) is 0 Å². The van der Waals surface area contributed by atoms with Gasteiger partial charge < -0.3 is 4.90 Å². The second-order valence-corrected chi connectivity index (χ2v) is 8.73. The van der Waals surface area contributed by atoms with Gasteiger partial charge in [0.15, 0.2) is 0 Å². The number of rotatable bonds is 3. The van der Waals surface area contributed by atoms with Gasteiger partial charge in [0.05, 0.1) is 5.39 Å². The molecule has 2 aromatic heterocycles. The fraction of sp³-hybridized carbons (Fsp3) is 0.429. The molecule has 0 aliphatic carbocycles. The third-order valence-electron chi connectivity index (χ3n) is 5.20. The van der Waals surface area contributed by atoms with Crippen LogP contribution in [-0.2, 0) is 6.42 Å². The van der Waals surface area contributed by atoms with Gasteiger partial charge in [-0.05, 0) is 49.3 Å². The number of hydrogen-bond donors (Lipinski definition) is 0. The maximum Gasteiger partial charge on any atom is 0.225 e. The van der Waals surface area contributed by atoms with E-state index in [4.69, 9.17) is 16.6 Å². The highest BCUT2D eigenvalue weighted by Crippen LogP contribution is 2.43. The van der Waals surface area contributed by atoms with Crippen molar-refractivity contribution < 1.29 is 0 Å². The number of piperidine rings is 1. The van der Waals surface area contributed by atoms with Gasteiger partial charge in [0.2, 0.25) is 5.28 Å². The van der Waals surface area contributed by atoms with Crippen molar-refractivity contribution >= 4 is 39.0 Å². The van der Waals surface area contributed by atoms with Crippen molar-refractivity contribution in [3.05, 3.63) is 40.0 Å². The number of fused-ring (bicyclic) bond motifs is 1. The molecule has 1 fully saturated rings. The van der Waals surface area contributed by atoms with Crippen LogP contribution in [0.3, 0.4) is 0 Å². The van der Waals surface area contributed by atoms with Gasteiger partial charge in [0.1, 0.15) is 10.6 Å². The Bertz CT molecular complexity index is 933. The van der Waals surface area contributed by atoms with Crippen molar-refractivity contribution in [2.75, 3.05) is 18.0 Å². The van der Waals surface area contributed by atoms with Crippen LogP contribution in [0.5, 0.6) is 0 Å². The summed E-state index contributed by atoms with van der Waals surface area (Å²) in [5, 5.41) is 1.53. The fourth-order valence-corrected chi connectivity index (χ4v) is 5.23. The number of benzene rings is 1. The number of hydrogen-bond acceptors (Lipinski definition) is 4. The molecule has 3 aromatic rings. The Balaban J connectivity index is 1.96. The third-order valence-corrected chi connectivity index (χ3v) is 6.59. The molecular weight excluding hydrogens is 362 g/mol. The summed E-state index contributed by atoms with van der Waals surface area (Å²) in [5.41, 5.74) is 3.81. The van der Waals surface area contributed by atoms with Gasteiger partial charge in [-0.1, -0.05) is 43.7 Å². The molecule has 136 valence electrons. The summed E-state index contributed by atoms with van der Waals surface area (Å²) in [5.74, 6) is 1.69. The van der Waals surface area contributed by atoms with Crippen LogP contribution in [0.1, 0.15) is 37.1 Å². The maximum atomic E-state index is 6.31. The zero-order valence-electron chi connectivity index (χ0n) is 15.6. The number of thiophene rings is 1. The van der Waals surface area contributed by atoms with Crippen LogP contribution in [0.25, 0.3) is 21.3 Å². The molecule has 0 saturated carbocycles. The number of halogens is 1. The van der Waals surface area contributed by atoms with Crippen LogP contribution in [0.4, 0.5) is 5.82 Å². The molecule has 0 amide bonds. The molecule has 0 bridgehead atoms. The van der Waals surface area contributed by atoms with Gasteiger partial charge in [-0.25, -0.2) is 4.98 Å². The van der Waals surface area contributed by atoms with Gasteiger partial charge in [0, 0.05) is 23.5 Å². The first-order valence-electron chi connectivity index (χ1n) is 9.37. The number of aryl methyl sites for hydroxylation is 2. The quantitative estimate of drug-likeness (QED) is 0.508. The first kappa shape index (κ1) is 17.7. The van der Waals surface area contributed by atoms with E-state index < -0.39 is 0 Å². The Kier molecular flexibility index (Phi) is 4.89. The topological polar surface area (TPSA) is 29.0 Å². The van der Waals surface area contributed by atoms with Gasteiger partial charge in [0.25, 0.3) is 0 Å². The van der Waals surface area contributed by atoms with Gasteiger partial charge >= 0.3 is 0 Å².